The van der Waals surface area contributed by atoms with Gasteiger partial charge in [-0.2, -0.15) is 0 Å². The van der Waals surface area contributed by atoms with Crippen LogP contribution in [0.1, 0.15) is 10.4 Å². The Kier molecular flexibility index (Phi) is 6.29. The van der Waals surface area contributed by atoms with E-state index in [1.165, 1.54) is 0 Å². The normalized spacial score (nSPS) is 10.4. The zero-order valence-corrected chi connectivity index (χ0v) is 11.5. The number of aldehydes is 1. The van der Waals surface area contributed by atoms with Gasteiger partial charge in [0.2, 0.25) is 0 Å². The van der Waals surface area contributed by atoms with Crippen LogP contribution in [0.5, 0.6) is 5.75 Å². The molecule has 1 aromatic rings. The molecule has 0 radical (unpaired) electrons. The molecule has 0 amide bonds. The van der Waals surface area contributed by atoms with E-state index in [1.807, 2.05) is 12.1 Å². The minimum atomic E-state index is 0. The zero-order chi connectivity index (χ0) is 11.3. The number of hydrogen-bond acceptors (Lipinski definition) is 2. The van der Waals surface area contributed by atoms with Crippen molar-refractivity contribution in [2.24, 2.45) is 0 Å². The second kappa shape index (κ2) is 6.66. The van der Waals surface area contributed by atoms with Gasteiger partial charge < -0.3 is 26.2 Å². The van der Waals surface area contributed by atoms with Crippen molar-refractivity contribution in [3.05, 3.63) is 29.8 Å². The van der Waals surface area contributed by atoms with Crippen molar-refractivity contribution in [3.8, 4) is 5.75 Å². The minimum Gasteiger partial charge on any atom is -1.00 e. The average Bonchev–Trinajstić information content (AvgIpc) is 2.17. The maximum absolute atomic E-state index is 10.4. The number of rotatable bonds is 5. The number of hydrogen-bond donors (Lipinski definition) is 0. The zero-order valence-electron chi connectivity index (χ0n) is 9.94. The molecule has 0 fully saturated rings. The summed E-state index contributed by atoms with van der Waals surface area (Å²) < 4.78 is 6.43. The van der Waals surface area contributed by atoms with E-state index in [4.69, 9.17) is 4.74 Å². The van der Waals surface area contributed by atoms with Crippen LogP contribution in [0.2, 0.25) is 0 Å². The third-order valence-corrected chi connectivity index (χ3v) is 2.05. The van der Waals surface area contributed by atoms with E-state index in [1.54, 1.807) is 12.1 Å². The molecule has 0 aliphatic carbocycles. The number of halogens is 1. The Bertz CT molecular complexity index is 317. The number of nitrogens with zero attached hydrogens (tertiary/aromatic N) is 1. The number of benzene rings is 1. The molecule has 3 nitrogen and oxygen atoms in total. The van der Waals surface area contributed by atoms with Crippen LogP contribution in [0.4, 0.5) is 0 Å². The van der Waals surface area contributed by atoms with Crippen LogP contribution in [0.3, 0.4) is 0 Å². The first-order chi connectivity index (χ1) is 7.01. The largest absolute Gasteiger partial charge is 1.00 e. The molecule has 0 N–H and O–H groups in total. The van der Waals surface area contributed by atoms with Crippen molar-refractivity contribution in [1.29, 1.82) is 0 Å². The van der Waals surface area contributed by atoms with Crippen LogP contribution in [0, 0.1) is 0 Å². The van der Waals surface area contributed by atoms with Crippen molar-refractivity contribution in [2.75, 3.05) is 34.3 Å². The quantitative estimate of drug-likeness (QED) is 0.491. The predicted octanol–water partition coefficient (Wildman–Crippen LogP) is -1.41. The van der Waals surface area contributed by atoms with Crippen molar-refractivity contribution >= 4 is 6.29 Å². The lowest BCUT2D eigenvalue weighted by molar-refractivity contribution is -0.870. The SMILES string of the molecule is C[N+](C)(C)CCOc1ccc(C=O)cc1.[Br-]. The molecule has 0 heterocycles. The second-order valence-corrected chi connectivity index (χ2v) is 4.55. The molecule has 16 heavy (non-hydrogen) atoms. The maximum atomic E-state index is 10.4. The summed E-state index contributed by atoms with van der Waals surface area (Å²) in [5.41, 5.74) is 0.675. The fraction of sp³-hybridized carbons (Fsp3) is 0.417. The number of likely N-dealkylation sites (N-methyl/N-ethyl adjacent to an activating group) is 1. The lowest BCUT2D eigenvalue weighted by Gasteiger charge is -2.23. The summed E-state index contributed by atoms with van der Waals surface area (Å²) in [4.78, 5) is 10.4. The molecule has 0 aliphatic heterocycles. The highest BCUT2D eigenvalue weighted by molar-refractivity contribution is 5.74. The molecule has 1 rings (SSSR count). The van der Waals surface area contributed by atoms with Gasteiger partial charge in [0.05, 0.1) is 21.1 Å². The summed E-state index contributed by atoms with van der Waals surface area (Å²) in [6.07, 6.45) is 0.829. The van der Waals surface area contributed by atoms with Gasteiger partial charge >= 0.3 is 0 Å². The Morgan fingerprint density at radius 1 is 1.19 bits per heavy atom. The predicted molar refractivity (Wildman–Crippen MR) is 60.2 cm³/mol. The van der Waals surface area contributed by atoms with E-state index >= 15 is 0 Å². The monoisotopic (exact) mass is 287 g/mol. The van der Waals surface area contributed by atoms with Gasteiger partial charge in [0.25, 0.3) is 0 Å². The first-order valence-electron chi connectivity index (χ1n) is 5.00. The van der Waals surface area contributed by atoms with Crippen LogP contribution >= 0.6 is 0 Å². The smallest absolute Gasteiger partial charge is 0.150 e. The third kappa shape index (κ3) is 5.88. The Hall–Kier alpha value is -0.870. The third-order valence-electron chi connectivity index (χ3n) is 2.05. The lowest BCUT2D eigenvalue weighted by Crippen LogP contribution is -3.00. The number of carbonyl (C=O) groups excluding carboxylic acids is 1. The first-order valence-corrected chi connectivity index (χ1v) is 5.00. The summed E-state index contributed by atoms with van der Waals surface area (Å²) in [6.45, 7) is 1.64. The summed E-state index contributed by atoms with van der Waals surface area (Å²) in [7, 11) is 6.37. The molecular formula is C12H18BrNO2. The summed E-state index contributed by atoms with van der Waals surface area (Å²) >= 11 is 0. The van der Waals surface area contributed by atoms with Gasteiger partial charge in [0.1, 0.15) is 25.2 Å². The van der Waals surface area contributed by atoms with Crippen LogP contribution in [-0.4, -0.2) is 45.1 Å². The Morgan fingerprint density at radius 3 is 2.19 bits per heavy atom. The Labute approximate surface area is 107 Å². The summed E-state index contributed by atoms with van der Waals surface area (Å²) in [6, 6.07) is 7.15. The van der Waals surface area contributed by atoms with Gasteiger partial charge in [-0.15, -0.1) is 0 Å². The molecule has 0 saturated carbocycles. The molecule has 4 heteroatoms. The van der Waals surface area contributed by atoms with Crippen LogP contribution in [-0.2, 0) is 0 Å². The van der Waals surface area contributed by atoms with Gasteiger partial charge in [0, 0.05) is 5.56 Å². The molecule has 1 aromatic carbocycles. The molecule has 0 atom stereocenters. The van der Waals surface area contributed by atoms with Gasteiger partial charge in [-0.1, -0.05) is 0 Å². The van der Waals surface area contributed by atoms with Crippen molar-refractivity contribution in [2.45, 2.75) is 0 Å². The Balaban J connectivity index is 0.00000225. The van der Waals surface area contributed by atoms with Crippen LogP contribution in [0.15, 0.2) is 24.3 Å². The number of ether oxygens (including phenoxy) is 1. The van der Waals surface area contributed by atoms with Crippen LogP contribution < -0.4 is 21.7 Å². The van der Waals surface area contributed by atoms with Crippen molar-refractivity contribution < 1.29 is 31.0 Å². The standard InChI is InChI=1S/C12H18NO2.BrH/c1-13(2,3)8-9-15-12-6-4-11(10-14)5-7-12;/h4-7,10H,8-9H2,1-3H3;1H/q+1;/p-1. The van der Waals surface area contributed by atoms with Gasteiger partial charge in [-0.3, -0.25) is 4.79 Å². The van der Waals surface area contributed by atoms with E-state index in [9.17, 15) is 4.79 Å². The van der Waals surface area contributed by atoms with E-state index in [0.29, 0.717) is 12.2 Å². The fourth-order valence-electron chi connectivity index (χ4n) is 1.08. The van der Waals surface area contributed by atoms with E-state index < -0.39 is 0 Å². The van der Waals surface area contributed by atoms with E-state index in [-0.39, 0.29) is 17.0 Å². The lowest BCUT2D eigenvalue weighted by atomic mass is 10.2. The maximum Gasteiger partial charge on any atom is 0.150 e. The Morgan fingerprint density at radius 2 is 1.75 bits per heavy atom. The highest BCUT2D eigenvalue weighted by atomic mass is 79.9. The molecular weight excluding hydrogens is 270 g/mol. The van der Waals surface area contributed by atoms with E-state index in [0.717, 1.165) is 23.1 Å². The van der Waals surface area contributed by atoms with Crippen molar-refractivity contribution in [1.82, 2.24) is 0 Å². The molecule has 0 aromatic heterocycles. The summed E-state index contributed by atoms with van der Waals surface area (Å²) in [5.74, 6) is 0.814. The van der Waals surface area contributed by atoms with Gasteiger partial charge in [0.15, 0.2) is 0 Å². The highest BCUT2D eigenvalue weighted by Crippen LogP contribution is 2.10. The fourth-order valence-corrected chi connectivity index (χ4v) is 1.08. The summed E-state index contributed by atoms with van der Waals surface area (Å²) in [5, 5.41) is 0. The minimum absolute atomic E-state index is 0. The topological polar surface area (TPSA) is 26.3 Å². The van der Waals surface area contributed by atoms with Crippen molar-refractivity contribution in [3.63, 3.8) is 0 Å². The van der Waals surface area contributed by atoms with Gasteiger partial charge in [-0.05, 0) is 24.3 Å². The van der Waals surface area contributed by atoms with Crippen LogP contribution in [0.25, 0.3) is 0 Å². The first kappa shape index (κ1) is 15.1. The molecule has 0 saturated heterocycles. The molecule has 0 bridgehead atoms. The number of quaternary nitrogens is 1. The van der Waals surface area contributed by atoms with Gasteiger partial charge in [-0.25, -0.2) is 0 Å². The molecule has 90 valence electrons. The molecule has 0 aliphatic rings. The second-order valence-electron chi connectivity index (χ2n) is 4.55. The average molecular weight is 288 g/mol. The van der Waals surface area contributed by atoms with E-state index in [2.05, 4.69) is 21.1 Å². The number of carbonyl (C=O) groups is 1. The molecule has 0 spiro atoms. The highest BCUT2D eigenvalue weighted by Gasteiger charge is 2.06. The molecule has 0 unspecified atom stereocenters.